The highest BCUT2D eigenvalue weighted by molar-refractivity contribution is 6.29. The van der Waals surface area contributed by atoms with Gasteiger partial charge in [-0.25, -0.2) is 9.97 Å². The van der Waals surface area contributed by atoms with Gasteiger partial charge in [0.2, 0.25) is 5.95 Å². The normalized spacial score (nSPS) is 12.0. The van der Waals surface area contributed by atoms with Gasteiger partial charge in [-0.1, -0.05) is 146 Å². The first-order valence-corrected chi connectivity index (χ1v) is 22.2. The topological polar surface area (TPSA) is 40.6 Å². The molecule has 0 unspecified atom stereocenters. The molecule has 5 heteroatoms. The summed E-state index contributed by atoms with van der Waals surface area (Å²) in [5, 5.41) is 12.0. The first kappa shape index (κ1) is 35.8. The molecule has 302 valence electrons. The molecule has 65 heavy (non-hydrogen) atoms. The van der Waals surface area contributed by atoms with Crippen LogP contribution in [0.15, 0.2) is 224 Å². The summed E-state index contributed by atoms with van der Waals surface area (Å²) in [5.41, 5.74) is 12.9. The first-order chi connectivity index (χ1) is 32.2. The fourth-order valence-electron chi connectivity index (χ4n) is 10.5. The predicted molar refractivity (Wildman–Crippen MR) is 271 cm³/mol. The van der Waals surface area contributed by atoms with Crippen LogP contribution in [0, 0.1) is 0 Å². The lowest BCUT2D eigenvalue weighted by Crippen LogP contribution is -2.04. The van der Waals surface area contributed by atoms with Gasteiger partial charge in [0.05, 0.1) is 44.5 Å². The highest BCUT2D eigenvalue weighted by atomic mass is 15.2. The molecule has 0 saturated carbocycles. The Morgan fingerprint density at radius 3 is 1.29 bits per heavy atom. The molecule has 0 N–H and O–H groups in total. The number of aromatic nitrogens is 5. The van der Waals surface area contributed by atoms with Gasteiger partial charge in [-0.3, -0.25) is 4.57 Å². The van der Waals surface area contributed by atoms with Crippen LogP contribution in [0.1, 0.15) is 0 Å². The van der Waals surface area contributed by atoms with E-state index in [2.05, 4.69) is 238 Å². The fraction of sp³-hybridized carbons (Fsp3) is 0. The van der Waals surface area contributed by atoms with Gasteiger partial charge in [0.15, 0.2) is 0 Å². The van der Waals surface area contributed by atoms with Crippen molar-refractivity contribution in [3.63, 3.8) is 0 Å². The zero-order chi connectivity index (χ0) is 42.6. The van der Waals surface area contributed by atoms with Gasteiger partial charge in [-0.2, -0.15) is 0 Å². The van der Waals surface area contributed by atoms with E-state index in [1.807, 2.05) is 0 Å². The van der Waals surface area contributed by atoms with E-state index in [1.54, 1.807) is 0 Å². The minimum atomic E-state index is 0.631. The lowest BCUT2D eigenvalue weighted by molar-refractivity contribution is 0.995. The molecule has 0 radical (unpaired) electrons. The van der Waals surface area contributed by atoms with Crippen molar-refractivity contribution in [3.8, 4) is 39.8 Å². The molecule has 10 aromatic carbocycles. The fourth-order valence-corrected chi connectivity index (χ4v) is 10.5. The molecule has 5 nitrogen and oxygen atoms in total. The molecule has 0 atom stereocenters. The van der Waals surface area contributed by atoms with E-state index in [9.17, 15) is 0 Å². The second-order valence-electron chi connectivity index (χ2n) is 17.0. The Kier molecular flexibility index (Phi) is 7.62. The second-order valence-corrected chi connectivity index (χ2v) is 17.0. The van der Waals surface area contributed by atoms with Crippen LogP contribution >= 0.6 is 0 Å². The van der Waals surface area contributed by atoms with E-state index in [-0.39, 0.29) is 0 Å². The van der Waals surface area contributed by atoms with E-state index >= 15 is 0 Å². The van der Waals surface area contributed by atoms with Crippen molar-refractivity contribution in [2.24, 2.45) is 0 Å². The lowest BCUT2D eigenvalue weighted by Gasteiger charge is -2.13. The third kappa shape index (κ3) is 5.39. The SMILES string of the molecule is c1ccc(-n2c3ccccc3c3c4c5ccccc5n(-c5ccc6c(c5)c5ccccc5n6-c5nc(-c6ccc7ccccc7c6)cc(-c6ccc7ccccc7c6)n5)c4ccc32)cc1. The molecule has 4 heterocycles. The molecule has 0 aliphatic heterocycles. The number of fused-ring (bicyclic) bond motifs is 12. The van der Waals surface area contributed by atoms with Crippen LogP contribution in [-0.4, -0.2) is 23.7 Å². The summed E-state index contributed by atoms with van der Waals surface area (Å²) in [7, 11) is 0. The number of rotatable bonds is 5. The van der Waals surface area contributed by atoms with Crippen molar-refractivity contribution in [1.29, 1.82) is 0 Å². The highest BCUT2D eigenvalue weighted by Crippen LogP contribution is 2.43. The summed E-state index contributed by atoms with van der Waals surface area (Å²) < 4.78 is 7.09. The Morgan fingerprint density at radius 2 is 0.708 bits per heavy atom. The number of nitrogens with zero attached hydrogens (tertiary/aromatic N) is 5. The second kappa shape index (κ2) is 13.9. The molecular formula is C60H37N5. The molecule has 0 saturated heterocycles. The van der Waals surface area contributed by atoms with Crippen molar-refractivity contribution < 1.29 is 0 Å². The van der Waals surface area contributed by atoms with E-state index in [4.69, 9.17) is 9.97 Å². The van der Waals surface area contributed by atoms with E-state index in [0.29, 0.717) is 5.95 Å². The predicted octanol–water partition coefficient (Wildman–Crippen LogP) is 15.4. The van der Waals surface area contributed by atoms with Crippen molar-refractivity contribution in [3.05, 3.63) is 224 Å². The molecule has 14 rings (SSSR count). The number of para-hydroxylation sites is 4. The highest BCUT2D eigenvalue weighted by Gasteiger charge is 2.22. The van der Waals surface area contributed by atoms with Crippen molar-refractivity contribution in [2.75, 3.05) is 0 Å². The molecule has 0 bridgehead atoms. The molecular weight excluding hydrogens is 791 g/mol. The van der Waals surface area contributed by atoms with Crippen molar-refractivity contribution >= 4 is 87.0 Å². The minimum absolute atomic E-state index is 0.631. The third-order valence-corrected chi connectivity index (χ3v) is 13.4. The molecule has 0 spiro atoms. The van der Waals surface area contributed by atoms with Crippen LogP contribution in [0.25, 0.3) is 127 Å². The summed E-state index contributed by atoms with van der Waals surface area (Å²) in [6.45, 7) is 0. The lowest BCUT2D eigenvalue weighted by atomic mass is 10.0. The smallest absolute Gasteiger partial charge is 0.235 e. The maximum atomic E-state index is 5.42. The molecule has 0 amide bonds. The Bertz CT molecular complexity index is 4150. The van der Waals surface area contributed by atoms with Crippen LogP contribution in [-0.2, 0) is 0 Å². The zero-order valence-electron chi connectivity index (χ0n) is 35.1. The monoisotopic (exact) mass is 827 g/mol. The van der Waals surface area contributed by atoms with Gasteiger partial charge in [-0.05, 0) is 100 Å². The Balaban J connectivity index is 1.01. The van der Waals surface area contributed by atoms with Crippen LogP contribution in [0.3, 0.4) is 0 Å². The molecule has 0 aliphatic carbocycles. The van der Waals surface area contributed by atoms with Crippen LogP contribution < -0.4 is 0 Å². The first-order valence-electron chi connectivity index (χ1n) is 22.2. The van der Waals surface area contributed by atoms with Crippen LogP contribution in [0.4, 0.5) is 0 Å². The molecule has 14 aromatic rings. The summed E-state index contributed by atoms with van der Waals surface area (Å²) in [6, 6.07) is 80.8. The zero-order valence-corrected chi connectivity index (χ0v) is 35.1. The van der Waals surface area contributed by atoms with Gasteiger partial charge in [-0.15, -0.1) is 0 Å². The number of benzene rings is 10. The molecule has 0 aliphatic rings. The summed E-state index contributed by atoms with van der Waals surface area (Å²) >= 11 is 0. The van der Waals surface area contributed by atoms with Crippen LogP contribution in [0.2, 0.25) is 0 Å². The number of hydrogen-bond donors (Lipinski definition) is 0. The van der Waals surface area contributed by atoms with E-state index < -0.39 is 0 Å². The minimum Gasteiger partial charge on any atom is -0.309 e. The van der Waals surface area contributed by atoms with Gasteiger partial charge in [0.25, 0.3) is 0 Å². The Morgan fingerprint density at radius 1 is 0.262 bits per heavy atom. The summed E-state index contributed by atoms with van der Waals surface area (Å²) in [5.74, 6) is 0.631. The maximum absolute atomic E-state index is 5.42. The van der Waals surface area contributed by atoms with Gasteiger partial charge in [0.1, 0.15) is 0 Å². The summed E-state index contributed by atoms with van der Waals surface area (Å²) in [4.78, 5) is 10.8. The van der Waals surface area contributed by atoms with Crippen molar-refractivity contribution in [1.82, 2.24) is 23.7 Å². The third-order valence-electron chi connectivity index (χ3n) is 13.4. The van der Waals surface area contributed by atoms with Gasteiger partial charge >= 0.3 is 0 Å². The van der Waals surface area contributed by atoms with E-state index in [1.165, 1.54) is 65.2 Å². The average molecular weight is 828 g/mol. The Hall–Kier alpha value is -8.80. The maximum Gasteiger partial charge on any atom is 0.235 e. The van der Waals surface area contributed by atoms with Crippen LogP contribution in [0.5, 0.6) is 0 Å². The standard InChI is InChI=1S/C60H37N5/c1-2-18-44(19-3-1)63-53-24-12-9-21-47(53)58-56(63)32-33-57-59(58)48-22-10-13-25-54(48)64(57)45-30-31-55-49(36-45)46-20-8-11-23-52(46)65(55)60-61-50(42-28-26-38-14-4-6-16-40(38)34-42)37-51(62-60)43-29-27-39-15-5-7-17-41(39)35-43/h1-37H. The quantitative estimate of drug-likeness (QED) is 0.173. The largest absolute Gasteiger partial charge is 0.309 e. The van der Waals surface area contributed by atoms with Gasteiger partial charge < -0.3 is 9.13 Å². The average Bonchev–Trinajstić information content (AvgIpc) is 4.01. The summed E-state index contributed by atoms with van der Waals surface area (Å²) in [6.07, 6.45) is 0. The number of hydrogen-bond acceptors (Lipinski definition) is 2. The van der Waals surface area contributed by atoms with Crippen molar-refractivity contribution in [2.45, 2.75) is 0 Å². The van der Waals surface area contributed by atoms with E-state index in [0.717, 1.165) is 55.7 Å². The molecule has 4 aromatic heterocycles. The Labute approximate surface area is 373 Å². The van der Waals surface area contributed by atoms with Gasteiger partial charge in [0, 0.05) is 54.8 Å². The molecule has 0 fully saturated rings.